The summed E-state index contributed by atoms with van der Waals surface area (Å²) in [6, 6.07) is 9.97. The van der Waals surface area contributed by atoms with E-state index in [1.54, 1.807) is 0 Å². The maximum absolute atomic E-state index is 6.06. The summed E-state index contributed by atoms with van der Waals surface area (Å²) in [5.74, 6) is 0.586. The third-order valence-corrected chi connectivity index (χ3v) is 2.89. The van der Waals surface area contributed by atoms with E-state index in [1.807, 2.05) is 48.0 Å². The van der Waals surface area contributed by atoms with Gasteiger partial charge in [-0.1, -0.05) is 29.3 Å². The first kappa shape index (κ1) is 11.0. The molecule has 0 spiro atoms. The highest BCUT2D eigenvalue weighted by Crippen LogP contribution is 2.25. The normalized spacial score (nSPS) is 10.8. The van der Waals surface area contributed by atoms with E-state index in [4.69, 9.17) is 11.6 Å². The molecule has 0 saturated heterocycles. The predicted octanol–water partition coefficient (Wildman–Crippen LogP) is 2.62. The Morgan fingerprint density at radius 1 is 1.22 bits per heavy atom. The first-order valence-corrected chi connectivity index (χ1v) is 5.81. The topological polar surface area (TPSA) is 59.4 Å². The van der Waals surface area contributed by atoms with Crippen LogP contribution in [0.1, 0.15) is 5.56 Å². The third-order valence-electron chi connectivity index (χ3n) is 2.69. The average Bonchev–Trinajstić information content (AvgIpc) is 2.98. The molecular formula is C12H10ClN5. The molecule has 5 nitrogen and oxygen atoms in total. The molecule has 18 heavy (non-hydrogen) atoms. The number of H-pyrrole nitrogens is 1. The molecule has 6 heteroatoms. The fourth-order valence-electron chi connectivity index (χ4n) is 1.80. The largest absolute Gasteiger partial charge is 0.312 e. The van der Waals surface area contributed by atoms with Crippen LogP contribution < -0.4 is 0 Å². The van der Waals surface area contributed by atoms with Crippen molar-refractivity contribution in [1.82, 2.24) is 25.2 Å². The third kappa shape index (κ3) is 1.89. The zero-order chi connectivity index (χ0) is 12.5. The van der Waals surface area contributed by atoms with E-state index < -0.39 is 0 Å². The molecule has 1 N–H and O–H groups in total. The Bertz CT molecular complexity index is 654. The van der Waals surface area contributed by atoms with Crippen LogP contribution in [0.2, 0.25) is 5.02 Å². The second-order valence-corrected chi connectivity index (χ2v) is 4.44. The van der Waals surface area contributed by atoms with Crippen molar-refractivity contribution in [2.75, 3.05) is 0 Å². The molecule has 2 heterocycles. The van der Waals surface area contributed by atoms with Crippen molar-refractivity contribution in [1.29, 1.82) is 0 Å². The minimum Gasteiger partial charge on any atom is -0.312 e. The highest BCUT2D eigenvalue weighted by Gasteiger charge is 2.11. The number of tetrazole rings is 1. The lowest BCUT2D eigenvalue weighted by molar-refractivity contribution is 0.881. The Balaban J connectivity index is 2.15. The first-order valence-electron chi connectivity index (χ1n) is 5.43. The molecule has 0 aliphatic rings. The molecule has 0 aliphatic heterocycles. The lowest BCUT2D eigenvalue weighted by Crippen LogP contribution is -1.96. The summed E-state index contributed by atoms with van der Waals surface area (Å²) >= 11 is 6.06. The summed E-state index contributed by atoms with van der Waals surface area (Å²) in [4.78, 5) is 0. The van der Waals surface area contributed by atoms with E-state index in [9.17, 15) is 0 Å². The summed E-state index contributed by atoms with van der Waals surface area (Å²) in [6.07, 6.45) is 1.84. The maximum atomic E-state index is 6.06. The second-order valence-electron chi connectivity index (χ2n) is 4.00. The highest BCUT2D eigenvalue weighted by atomic mass is 35.5. The summed E-state index contributed by atoms with van der Waals surface area (Å²) < 4.78 is 1.95. The quantitative estimate of drug-likeness (QED) is 0.770. The van der Waals surface area contributed by atoms with E-state index in [0.717, 1.165) is 11.4 Å². The van der Waals surface area contributed by atoms with Crippen LogP contribution in [0, 0.1) is 6.92 Å². The van der Waals surface area contributed by atoms with Gasteiger partial charge >= 0.3 is 0 Å². The van der Waals surface area contributed by atoms with Gasteiger partial charge < -0.3 is 4.57 Å². The Kier molecular flexibility index (Phi) is 2.60. The minimum atomic E-state index is 0.586. The van der Waals surface area contributed by atoms with Gasteiger partial charge in [0.2, 0.25) is 0 Å². The number of aromatic amines is 1. The number of aryl methyl sites for hydroxylation is 1. The molecule has 0 bridgehead atoms. The van der Waals surface area contributed by atoms with Crippen molar-refractivity contribution in [2.24, 2.45) is 0 Å². The lowest BCUT2D eigenvalue weighted by Gasteiger charge is -2.06. The number of hydrogen-bond donors (Lipinski definition) is 1. The minimum absolute atomic E-state index is 0.586. The lowest BCUT2D eigenvalue weighted by atomic mass is 10.2. The molecular weight excluding hydrogens is 250 g/mol. The van der Waals surface area contributed by atoms with Gasteiger partial charge in [-0.15, -0.1) is 5.10 Å². The highest BCUT2D eigenvalue weighted by molar-refractivity contribution is 6.30. The van der Waals surface area contributed by atoms with Gasteiger partial charge in [0, 0.05) is 11.9 Å². The number of halogens is 1. The monoisotopic (exact) mass is 259 g/mol. The number of rotatable bonds is 2. The van der Waals surface area contributed by atoms with Crippen molar-refractivity contribution < 1.29 is 0 Å². The van der Waals surface area contributed by atoms with Crippen LogP contribution in [0.15, 0.2) is 36.5 Å². The Morgan fingerprint density at radius 3 is 2.67 bits per heavy atom. The zero-order valence-electron chi connectivity index (χ0n) is 9.63. The fourth-order valence-corrected chi connectivity index (χ4v) is 2.00. The van der Waals surface area contributed by atoms with E-state index in [-0.39, 0.29) is 0 Å². The first-order chi connectivity index (χ1) is 8.74. The maximum Gasteiger partial charge on any atom is 0.196 e. The van der Waals surface area contributed by atoms with Crippen LogP contribution in [-0.2, 0) is 0 Å². The molecule has 0 radical (unpaired) electrons. The van der Waals surface area contributed by atoms with E-state index in [2.05, 4.69) is 20.6 Å². The molecule has 1 aromatic carbocycles. The van der Waals surface area contributed by atoms with Gasteiger partial charge in [-0.2, -0.15) is 0 Å². The van der Waals surface area contributed by atoms with Crippen molar-refractivity contribution in [3.8, 4) is 17.2 Å². The van der Waals surface area contributed by atoms with Crippen LogP contribution in [0.5, 0.6) is 0 Å². The fraction of sp³-hybridized carbons (Fsp3) is 0.0833. The zero-order valence-corrected chi connectivity index (χ0v) is 10.4. The molecule has 0 unspecified atom stereocenters. The number of aromatic nitrogens is 5. The van der Waals surface area contributed by atoms with Crippen molar-refractivity contribution in [3.05, 3.63) is 47.1 Å². The van der Waals surface area contributed by atoms with Crippen molar-refractivity contribution in [3.63, 3.8) is 0 Å². The van der Waals surface area contributed by atoms with Gasteiger partial charge in [0.25, 0.3) is 0 Å². The van der Waals surface area contributed by atoms with Gasteiger partial charge in [-0.05, 0) is 35.5 Å². The Morgan fingerprint density at radius 2 is 2.00 bits per heavy atom. The van der Waals surface area contributed by atoms with Crippen molar-refractivity contribution in [2.45, 2.75) is 6.92 Å². The van der Waals surface area contributed by atoms with Gasteiger partial charge in [-0.3, -0.25) is 0 Å². The number of hydrogen-bond acceptors (Lipinski definition) is 3. The number of benzene rings is 1. The Labute approximate surface area is 108 Å². The standard InChI is InChI=1S/C12H10ClN5/c1-8-2-4-10(5-3-8)18-7-9(13)6-11(18)12-14-16-17-15-12/h2-7H,1H3,(H,14,15,16,17). The number of nitrogens with zero attached hydrogens (tertiary/aromatic N) is 4. The van der Waals surface area contributed by atoms with Gasteiger partial charge in [0.1, 0.15) is 0 Å². The van der Waals surface area contributed by atoms with E-state index in [1.165, 1.54) is 5.56 Å². The van der Waals surface area contributed by atoms with Crippen LogP contribution >= 0.6 is 11.6 Å². The average molecular weight is 260 g/mol. The molecule has 0 amide bonds. The molecule has 3 aromatic rings. The molecule has 0 fully saturated rings. The van der Waals surface area contributed by atoms with E-state index >= 15 is 0 Å². The summed E-state index contributed by atoms with van der Waals surface area (Å²) in [6.45, 7) is 2.05. The van der Waals surface area contributed by atoms with E-state index in [0.29, 0.717) is 10.8 Å². The van der Waals surface area contributed by atoms with Crippen molar-refractivity contribution >= 4 is 11.6 Å². The molecule has 0 atom stereocenters. The second kappa shape index (κ2) is 4.27. The molecule has 0 aliphatic carbocycles. The molecule has 3 rings (SSSR count). The van der Waals surface area contributed by atoms with Gasteiger partial charge in [-0.25, -0.2) is 5.10 Å². The predicted molar refractivity (Wildman–Crippen MR) is 68.7 cm³/mol. The van der Waals surface area contributed by atoms with Gasteiger partial charge in [0.05, 0.1) is 10.7 Å². The number of nitrogens with one attached hydrogen (secondary N) is 1. The summed E-state index contributed by atoms with van der Waals surface area (Å²) in [5, 5.41) is 14.4. The molecule has 2 aromatic heterocycles. The smallest absolute Gasteiger partial charge is 0.196 e. The van der Waals surface area contributed by atoms with Crippen LogP contribution in [0.25, 0.3) is 17.2 Å². The van der Waals surface area contributed by atoms with Gasteiger partial charge in [0.15, 0.2) is 5.82 Å². The summed E-state index contributed by atoms with van der Waals surface area (Å²) in [7, 11) is 0. The van der Waals surface area contributed by atoms with Crippen LogP contribution in [-0.4, -0.2) is 25.2 Å². The summed E-state index contributed by atoms with van der Waals surface area (Å²) in [5.41, 5.74) is 3.05. The molecule has 90 valence electrons. The molecule has 0 saturated carbocycles. The Hall–Kier alpha value is -2.14. The SMILES string of the molecule is Cc1ccc(-n2cc(Cl)cc2-c2nnn[nH]2)cc1. The van der Waals surface area contributed by atoms with Crippen LogP contribution in [0.3, 0.4) is 0 Å². The van der Waals surface area contributed by atoms with Crippen LogP contribution in [0.4, 0.5) is 0 Å².